The Bertz CT molecular complexity index is 1810. The number of benzene rings is 2. The van der Waals surface area contributed by atoms with Crippen LogP contribution in [0.15, 0.2) is 72.2 Å². The number of amides is 2. The molecule has 3 aromatic heterocycles. The highest BCUT2D eigenvalue weighted by Crippen LogP contribution is 2.44. The number of ether oxygens (including phenoxy) is 2. The smallest absolute Gasteiger partial charge is 0.255 e. The third-order valence-corrected chi connectivity index (χ3v) is 9.11. The second-order valence-electron chi connectivity index (χ2n) is 10.8. The van der Waals surface area contributed by atoms with Crippen molar-refractivity contribution < 1.29 is 19.1 Å². The van der Waals surface area contributed by atoms with Crippen molar-refractivity contribution >= 4 is 40.2 Å². The highest BCUT2D eigenvalue weighted by atomic mass is 32.1. The van der Waals surface area contributed by atoms with Gasteiger partial charge in [0, 0.05) is 49.6 Å². The van der Waals surface area contributed by atoms with Crippen LogP contribution < -0.4 is 16.4 Å². The van der Waals surface area contributed by atoms with Crippen LogP contribution in [0.1, 0.15) is 49.8 Å². The van der Waals surface area contributed by atoms with Gasteiger partial charge >= 0.3 is 0 Å². The molecule has 1 aliphatic heterocycles. The Kier molecular flexibility index (Phi) is 8.42. The van der Waals surface area contributed by atoms with E-state index in [4.69, 9.17) is 25.2 Å². The van der Waals surface area contributed by atoms with Gasteiger partial charge in [0.25, 0.3) is 11.8 Å². The summed E-state index contributed by atoms with van der Waals surface area (Å²) in [4.78, 5) is 35.5. The van der Waals surface area contributed by atoms with Gasteiger partial charge in [0.05, 0.1) is 34.8 Å². The van der Waals surface area contributed by atoms with Crippen molar-refractivity contribution in [1.82, 2.24) is 19.7 Å². The average molecular weight is 611 g/mol. The standard InChI is InChI=1S/C33H34N6O4S/c1-21-29(39-15-11-23(19-28(39)36-21)30(40)35-14-18-42-2)27-20-44-32(38-27)33(12-16-43-17-13-33)24-9-7-22(8-10-24)31(41)37-26-6-4-3-5-25(26)34/h3-11,15,19-20H,12-14,16-18,34H2,1-2H3,(H,35,40)(H,37,41). The highest BCUT2D eigenvalue weighted by Gasteiger charge is 2.39. The van der Waals surface area contributed by atoms with Gasteiger partial charge in [0.1, 0.15) is 16.3 Å². The minimum absolute atomic E-state index is 0.170. The van der Waals surface area contributed by atoms with Gasteiger partial charge in [0.2, 0.25) is 0 Å². The molecule has 0 bridgehead atoms. The molecular formula is C33H34N6O4S. The molecule has 10 nitrogen and oxygen atoms in total. The first-order valence-corrected chi connectivity index (χ1v) is 15.3. The van der Waals surface area contributed by atoms with Crippen molar-refractivity contribution in [2.45, 2.75) is 25.2 Å². The summed E-state index contributed by atoms with van der Waals surface area (Å²) in [6, 6.07) is 18.5. The summed E-state index contributed by atoms with van der Waals surface area (Å²) in [7, 11) is 1.60. The van der Waals surface area contributed by atoms with Crippen LogP contribution in [-0.2, 0) is 14.9 Å². The SMILES string of the molecule is COCCNC(=O)c1ccn2c(-c3csc(C4(c5ccc(C(=O)Nc6ccccc6N)cc5)CCOCC4)n3)c(C)nc2c1. The summed E-state index contributed by atoms with van der Waals surface area (Å²) >= 11 is 1.62. The zero-order valence-corrected chi connectivity index (χ0v) is 25.4. The normalized spacial score (nSPS) is 14.4. The first kappa shape index (κ1) is 29.5. The first-order valence-electron chi connectivity index (χ1n) is 14.5. The summed E-state index contributed by atoms with van der Waals surface area (Å²) in [6.45, 7) is 4.08. The maximum atomic E-state index is 13.0. The monoisotopic (exact) mass is 610 g/mol. The lowest BCUT2D eigenvalue weighted by Crippen LogP contribution is -2.35. The van der Waals surface area contributed by atoms with E-state index in [0.29, 0.717) is 54.5 Å². The molecule has 5 aromatic rings. The number of thiazole rings is 1. The zero-order chi connectivity index (χ0) is 30.7. The number of imidazole rings is 1. The number of aromatic nitrogens is 3. The van der Waals surface area contributed by atoms with E-state index in [1.807, 2.05) is 53.9 Å². The number of nitrogens with two attached hydrogens (primary N) is 1. The maximum Gasteiger partial charge on any atom is 0.255 e. The van der Waals surface area contributed by atoms with Gasteiger partial charge in [-0.3, -0.25) is 14.0 Å². The number of carbonyl (C=O) groups excluding carboxylic acids is 2. The molecule has 0 unspecified atom stereocenters. The van der Waals surface area contributed by atoms with Crippen LogP contribution in [0.4, 0.5) is 11.4 Å². The number of nitrogen functional groups attached to an aromatic ring is 1. The molecule has 6 rings (SSSR count). The number of aryl methyl sites for hydroxylation is 1. The lowest BCUT2D eigenvalue weighted by atomic mass is 9.74. The van der Waals surface area contributed by atoms with Crippen LogP contribution >= 0.6 is 11.3 Å². The molecule has 0 radical (unpaired) electrons. The number of nitrogens with one attached hydrogen (secondary N) is 2. The van der Waals surface area contributed by atoms with Crippen molar-refractivity contribution in [1.29, 1.82) is 0 Å². The summed E-state index contributed by atoms with van der Waals surface area (Å²) in [5.74, 6) is -0.387. The minimum atomic E-state index is -0.345. The Labute approximate surface area is 259 Å². The topological polar surface area (TPSA) is 133 Å². The van der Waals surface area contributed by atoms with E-state index < -0.39 is 0 Å². The molecule has 2 amide bonds. The molecule has 0 saturated carbocycles. The molecule has 0 atom stereocenters. The minimum Gasteiger partial charge on any atom is -0.397 e. The Hall–Kier alpha value is -4.58. The van der Waals surface area contributed by atoms with Gasteiger partial charge in [-0.25, -0.2) is 9.97 Å². The Balaban J connectivity index is 1.28. The molecule has 0 aliphatic carbocycles. The second-order valence-corrected chi connectivity index (χ2v) is 11.6. The molecular weight excluding hydrogens is 576 g/mol. The van der Waals surface area contributed by atoms with Crippen LogP contribution in [-0.4, -0.2) is 59.7 Å². The van der Waals surface area contributed by atoms with Crippen molar-refractivity contribution in [3.05, 3.63) is 99.6 Å². The number of hydrogen-bond donors (Lipinski definition) is 3. The van der Waals surface area contributed by atoms with Crippen LogP contribution in [0.3, 0.4) is 0 Å². The number of anilines is 2. The molecule has 2 aromatic carbocycles. The van der Waals surface area contributed by atoms with Crippen molar-refractivity contribution in [3.8, 4) is 11.4 Å². The van der Waals surface area contributed by atoms with E-state index in [1.165, 1.54) is 0 Å². The third-order valence-electron chi connectivity index (χ3n) is 8.07. The predicted molar refractivity (Wildman–Crippen MR) is 171 cm³/mol. The molecule has 4 N–H and O–H groups in total. The number of nitrogens with zero attached hydrogens (tertiary/aromatic N) is 3. The molecule has 11 heteroatoms. The number of carbonyl (C=O) groups is 2. The fourth-order valence-electron chi connectivity index (χ4n) is 5.68. The number of hydrogen-bond acceptors (Lipinski definition) is 8. The quantitative estimate of drug-likeness (QED) is 0.157. The Morgan fingerprint density at radius 3 is 2.57 bits per heavy atom. The summed E-state index contributed by atoms with van der Waals surface area (Å²) < 4.78 is 12.8. The number of para-hydroxylation sites is 2. The zero-order valence-electron chi connectivity index (χ0n) is 24.6. The summed E-state index contributed by atoms with van der Waals surface area (Å²) in [5, 5.41) is 8.81. The van der Waals surface area contributed by atoms with Crippen molar-refractivity contribution in [2.75, 3.05) is 44.5 Å². The Morgan fingerprint density at radius 2 is 1.82 bits per heavy atom. The maximum absolute atomic E-state index is 13.0. The lowest BCUT2D eigenvalue weighted by Gasteiger charge is -2.36. The first-order chi connectivity index (χ1) is 21.4. The van der Waals surface area contributed by atoms with Crippen molar-refractivity contribution in [2.24, 2.45) is 0 Å². The number of pyridine rings is 1. The van der Waals surface area contributed by atoms with Gasteiger partial charge in [-0.1, -0.05) is 24.3 Å². The summed E-state index contributed by atoms with van der Waals surface area (Å²) in [5.41, 5.74) is 12.2. The molecule has 1 saturated heterocycles. The van der Waals surface area contributed by atoms with Crippen LogP contribution in [0.2, 0.25) is 0 Å². The van der Waals surface area contributed by atoms with E-state index >= 15 is 0 Å². The third kappa shape index (κ3) is 5.69. The second kappa shape index (κ2) is 12.6. The van der Waals surface area contributed by atoms with Gasteiger partial charge in [-0.15, -0.1) is 11.3 Å². The summed E-state index contributed by atoms with van der Waals surface area (Å²) in [6.07, 6.45) is 3.42. The fraction of sp³-hybridized carbons (Fsp3) is 0.273. The fourth-order valence-corrected chi connectivity index (χ4v) is 6.76. The molecule has 4 heterocycles. The van der Waals surface area contributed by atoms with E-state index in [2.05, 4.69) is 16.0 Å². The van der Waals surface area contributed by atoms with Gasteiger partial charge in [-0.2, -0.15) is 0 Å². The predicted octanol–water partition coefficient (Wildman–Crippen LogP) is 5.07. The van der Waals surface area contributed by atoms with E-state index in [0.717, 1.165) is 40.5 Å². The van der Waals surface area contributed by atoms with Crippen LogP contribution in [0.5, 0.6) is 0 Å². The van der Waals surface area contributed by atoms with Crippen LogP contribution in [0, 0.1) is 6.92 Å². The van der Waals surface area contributed by atoms with Crippen molar-refractivity contribution in [3.63, 3.8) is 0 Å². The molecule has 226 valence electrons. The largest absolute Gasteiger partial charge is 0.397 e. The lowest BCUT2D eigenvalue weighted by molar-refractivity contribution is 0.0630. The molecule has 0 spiro atoms. The van der Waals surface area contributed by atoms with Gasteiger partial charge in [0.15, 0.2) is 0 Å². The number of rotatable bonds is 9. The van der Waals surface area contributed by atoms with E-state index in [9.17, 15) is 9.59 Å². The van der Waals surface area contributed by atoms with Gasteiger partial charge < -0.3 is 25.8 Å². The molecule has 1 aliphatic rings. The van der Waals surface area contributed by atoms with E-state index in [1.54, 1.807) is 42.7 Å². The number of methoxy groups -OCH3 is 1. The van der Waals surface area contributed by atoms with Crippen LogP contribution in [0.25, 0.3) is 17.0 Å². The van der Waals surface area contributed by atoms with E-state index in [-0.39, 0.29) is 17.2 Å². The van der Waals surface area contributed by atoms with Gasteiger partial charge in [-0.05, 0) is 61.7 Å². The molecule has 1 fully saturated rings. The highest BCUT2D eigenvalue weighted by molar-refractivity contribution is 7.10. The Morgan fingerprint density at radius 1 is 1.05 bits per heavy atom. The average Bonchev–Trinajstić information content (AvgIpc) is 3.66. The number of fused-ring (bicyclic) bond motifs is 1. The molecule has 44 heavy (non-hydrogen) atoms.